The van der Waals surface area contributed by atoms with Crippen molar-refractivity contribution in [2.75, 3.05) is 20.2 Å². The van der Waals surface area contributed by atoms with Gasteiger partial charge in [0, 0.05) is 6.04 Å². The largest absolute Gasteiger partial charge is 0.395 e. The summed E-state index contributed by atoms with van der Waals surface area (Å²) in [5.74, 6) is 0. The van der Waals surface area contributed by atoms with Crippen LogP contribution in [0.15, 0.2) is 0 Å². The third kappa shape index (κ3) is 5.56. The molecule has 0 bridgehead atoms. The van der Waals surface area contributed by atoms with Gasteiger partial charge < -0.3 is 10.0 Å². The van der Waals surface area contributed by atoms with Crippen molar-refractivity contribution in [3.63, 3.8) is 0 Å². The Bertz CT molecular complexity index is 117. The van der Waals surface area contributed by atoms with E-state index in [-0.39, 0.29) is 12.6 Å². The number of rotatable bonds is 4. The van der Waals surface area contributed by atoms with E-state index in [1.165, 1.54) is 6.42 Å². The quantitative estimate of drug-likeness (QED) is 0.700. The highest BCUT2D eigenvalue weighted by Crippen LogP contribution is 2.18. The number of hydrogen-bond donors (Lipinski definition) is 1. The number of aliphatic hydroxyl groups excluding tert-OH is 1. The van der Waals surface area contributed by atoms with Gasteiger partial charge in [-0.05, 0) is 32.4 Å². The SMILES string of the molecule is CC(CO)N(C)CCC(C)(C)C. The maximum absolute atomic E-state index is 8.89. The van der Waals surface area contributed by atoms with Crippen molar-refractivity contribution in [3.05, 3.63) is 0 Å². The minimum absolute atomic E-state index is 0.251. The number of likely N-dealkylation sites (N-methyl/N-ethyl adjacent to an activating group) is 1. The molecule has 0 amide bonds. The second-order valence-electron chi connectivity index (χ2n) is 4.82. The molecule has 0 aromatic rings. The van der Waals surface area contributed by atoms with Crippen LogP contribution in [0.2, 0.25) is 0 Å². The smallest absolute Gasteiger partial charge is 0.0584 e. The van der Waals surface area contributed by atoms with Crippen LogP contribution in [0.3, 0.4) is 0 Å². The first-order chi connectivity index (χ1) is 5.37. The van der Waals surface area contributed by atoms with Gasteiger partial charge in [-0.1, -0.05) is 20.8 Å². The van der Waals surface area contributed by atoms with Crippen LogP contribution in [-0.2, 0) is 0 Å². The molecule has 0 aliphatic heterocycles. The number of aliphatic hydroxyl groups is 1. The van der Waals surface area contributed by atoms with E-state index in [1.807, 2.05) is 6.92 Å². The van der Waals surface area contributed by atoms with Crippen LogP contribution < -0.4 is 0 Å². The molecule has 0 aliphatic carbocycles. The van der Waals surface area contributed by atoms with Gasteiger partial charge >= 0.3 is 0 Å². The van der Waals surface area contributed by atoms with E-state index in [1.54, 1.807) is 0 Å². The zero-order valence-electron chi connectivity index (χ0n) is 9.09. The van der Waals surface area contributed by atoms with E-state index in [9.17, 15) is 0 Å². The second kappa shape index (κ2) is 4.83. The van der Waals surface area contributed by atoms with E-state index in [0.717, 1.165) is 6.54 Å². The topological polar surface area (TPSA) is 23.5 Å². The van der Waals surface area contributed by atoms with Crippen molar-refractivity contribution in [1.29, 1.82) is 0 Å². The highest BCUT2D eigenvalue weighted by atomic mass is 16.3. The van der Waals surface area contributed by atoms with Gasteiger partial charge in [-0.2, -0.15) is 0 Å². The molecule has 2 heteroatoms. The van der Waals surface area contributed by atoms with E-state index in [4.69, 9.17) is 5.11 Å². The third-order valence-electron chi connectivity index (χ3n) is 2.23. The Balaban J connectivity index is 3.64. The van der Waals surface area contributed by atoms with Gasteiger partial charge in [0.15, 0.2) is 0 Å². The summed E-state index contributed by atoms with van der Waals surface area (Å²) in [6, 6.07) is 0.285. The van der Waals surface area contributed by atoms with Gasteiger partial charge in [-0.3, -0.25) is 0 Å². The highest BCUT2D eigenvalue weighted by Gasteiger charge is 2.13. The Morgan fingerprint density at radius 3 is 2.17 bits per heavy atom. The molecule has 0 heterocycles. The molecule has 0 saturated heterocycles. The molecule has 0 spiro atoms. The molecule has 2 nitrogen and oxygen atoms in total. The molecule has 0 aromatic carbocycles. The van der Waals surface area contributed by atoms with Gasteiger partial charge in [0.1, 0.15) is 0 Å². The molecule has 0 aliphatic rings. The van der Waals surface area contributed by atoms with Crippen LogP contribution in [0, 0.1) is 5.41 Å². The lowest BCUT2D eigenvalue weighted by atomic mass is 9.92. The first-order valence-corrected chi connectivity index (χ1v) is 4.68. The van der Waals surface area contributed by atoms with Crippen LogP contribution in [0.1, 0.15) is 34.1 Å². The minimum Gasteiger partial charge on any atom is -0.395 e. The molecule has 1 N–H and O–H groups in total. The fourth-order valence-electron chi connectivity index (χ4n) is 0.872. The Hall–Kier alpha value is -0.0800. The molecule has 74 valence electrons. The van der Waals surface area contributed by atoms with Crippen molar-refractivity contribution in [3.8, 4) is 0 Å². The first kappa shape index (κ1) is 11.9. The summed E-state index contributed by atoms with van der Waals surface area (Å²) in [5, 5.41) is 8.89. The summed E-state index contributed by atoms with van der Waals surface area (Å²) in [6.07, 6.45) is 1.17. The number of nitrogens with zero attached hydrogens (tertiary/aromatic N) is 1. The van der Waals surface area contributed by atoms with Crippen LogP contribution >= 0.6 is 0 Å². The van der Waals surface area contributed by atoms with Gasteiger partial charge in [0.05, 0.1) is 6.61 Å². The first-order valence-electron chi connectivity index (χ1n) is 4.68. The van der Waals surface area contributed by atoms with Gasteiger partial charge in [0.2, 0.25) is 0 Å². The van der Waals surface area contributed by atoms with Crippen molar-refractivity contribution in [1.82, 2.24) is 4.90 Å². The van der Waals surface area contributed by atoms with Crippen molar-refractivity contribution in [2.24, 2.45) is 5.41 Å². The van der Waals surface area contributed by atoms with Crippen molar-refractivity contribution >= 4 is 0 Å². The van der Waals surface area contributed by atoms with E-state index in [0.29, 0.717) is 5.41 Å². The molecule has 0 saturated carbocycles. The van der Waals surface area contributed by atoms with Crippen molar-refractivity contribution in [2.45, 2.75) is 40.2 Å². The normalized spacial score (nSPS) is 15.2. The van der Waals surface area contributed by atoms with Gasteiger partial charge in [0.25, 0.3) is 0 Å². The Kier molecular flexibility index (Phi) is 4.80. The standard InChI is InChI=1S/C10H23NO/c1-9(8-12)11(5)7-6-10(2,3)4/h9,12H,6-8H2,1-5H3. The average Bonchev–Trinajstić information content (AvgIpc) is 1.97. The Morgan fingerprint density at radius 1 is 1.33 bits per heavy atom. The molecular weight excluding hydrogens is 150 g/mol. The zero-order valence-corrected chi connectivity index (χ0v) is 9.09. The summed E-state index contributed by atoms with van der Waals surface area (Å²) in [6.45, 7) is 10.1. The minimum atomic E-state index is 0.251. The Morgan fingerprint density at radius 2 is 1.83 bits per heavy atom. The van der Waals surface area contributed by atoms with Crippen LogP contribution in [-0.4, -0.2) is 36.2 Å². The van der Waals surface area contributed by atoms with E-state index < -0.39 is 0 Å². The molecule has 0 rings (SSSR count). The third-order valence-corrected chi connectivity index (χ3v) is 2.23. The van der Waals surface area contributed by atoms with Crippen molar-refractivity contribution < 1.29 is 5.11 Å². The number of hydrogen-bond acceptors (Lipinski definition) is 2. The summed E-state index contributed by atoms with van der Waals surface area (Å²) in [5.41, 5.74) is 0.392. The molecular formula is C10H23NO. The lowest BCUT2D eigenvalue weighted by molar-refractivity contribution is 0.145. The lowest BCUT2D eigenvalue weighted by Gasteiger charge is -2.27. The molecule has 12 heavy (non-hydrogen) atoms. The predicted molar refractivity (Wildman–Crippen MR) is 53.2 cm³/mol. The highest BCUT2D eigenvalue weighted by molar-refractivity contribution is 4.67. The fraction of sp³-hybridized carbons (Fsp3) is 1.00. The molecule has 0 radical (unpaired) electrons. The lowest BCUT2D eigenvalue weighted by Crippen LogP contribution is -2.34. The predicted octanol–water partition coefficient (Wildman–Crippen LogP) is 1.74. The monoisotopic (exact) mass is 173 g/mol. The van der Waals surface area contributed by atoms with E-state index in [2.05, 4.69) is 32.7 Å². The van der Waals surface area contributed by atoms with E-state index >= 15 is 0 Å². The molecule has 0 fully saturated rings. The maximum atomic E-state index is 8.89. The summed E-state index contributed by atoms with van der Waals surface area (Å²) in [7, 11) is 2.06. The maximum Gasteiger partial charge on any atom is 0.0584 e. The molecule has 0 aromatic heterocycles. The summed E-state index contributed by atoms with van der Waals surface area (Å²) >= 11 is 0. The van der Waals surface area contributed by atoms with Crippen LogP contribution in [0.4, 0.5) is 0 Å². The van der Waals surface area contributed by atoms with Crippen LogP contribution in [0.5, 0.6) is 0 Å². The zero-order chi connectivity index (χ0) is 9.78. The summed E-state index contributed by atoms with van der Waals surface area (Å²) in [4.78, 5) is 2.20. The van der Waals surface area contributed by atoms with Crippen LogP contribution in [0.25, 0.3) is 0 Å². The fourth-order valence-corrected chi connectivity index (χ4v) is 0.872. The van der Waals surface area contributed by atoms with Gasteiger partial charge in [-0.25, -0.2) is 0 Å². The van der Waals surface area contributed by atoms with Gasteiger partial charge in [-0.15, -0.1) is 0 Å². The summed E-state index contributed by atoms with van der Waals surface area (Å²) < 4.78 is 0. The molecule has 1 atom stereocenters. The molecule has 1 unspecified atom stereocenters. The average molecular weight is 173 g/mol. The second-order valence-corrected chi connectivity index (χ2v) is 4.82. The Labute approximate surface area is 76.6 Å².